The largest absolute Gasteiger partial charge is 0.465 e. The zero-order valence-corrected chi connectivity index (χ0v) is 12.0. The molecule has 16 heavy (non-hydrogen) atoms. The minimum Gasteiger partial charge on any atom is -0.465 e. The molecule has 0 aliphatic carbocycles. The number of ether oxygens (including phenoxy) is 1. The minimum absolute atomic E-state index is 0. The average Bonchev–Trinajstić information content (AvgIpc) is 2.30. The van der Waals surface area contributed by atoms with Gasteiger partial charge in [0.15, 0.2) is 0 Å². The third-order valence-electron chi connectivity index (χ3n) is 1.93. The number of rotatable bonds is 3. The van der Waals surface area contributed by atoms with Crippen molar-refractivity contribution in [2.75, 3.05) is 7.11 Å². The first kappa shape index (κ1) is 15.4. The number of carbonyl (C=O) groups is 1. The fraction of sp³-hybridized carbons (Fsp3) is 0.300. The zero-order chi connectivity index (χ0) is 11.3. The summed E-state index contributed by atoms with van der Waals surface area (Å²) in [6, 6.07) is 0. The van der Waals surface area contributed by atoms with Crippen molar-refractivity contribution < 1.29 is 47.3 Å². The van der Waals surface area contributed by atoms with E-state index in [1.54, 1.807) is 13.0 Å². The quantitative estimate of drug-likeness (QED) is 0.651. The Labute approximate surface area is 119 Å². The van der Waals surface area contributed by atoms with Crippen LogP contribution in [0, 0.1) is 0 Å². The van der Waals surface area contributed by atoms with Crippen LogP contribution in [0.3, 0.4) is 0 Å². The topological polar surface area (TPSA) is 72.3 Å². The number of carbonyl (C=O) groups excluding carboxylic acids is 1. The summed E-state index contributed by atoms with van der Waals surface area (Å²) in [5.41, 5.74) is 1.25. The third-order valence-corrected chi connectivity index (χ3v) is 1.93. The standard InChI is InChI=1S/C10H12N2O3.Y/c1-3-7(10(14)15-2)8-4-11-6-12-9(8)5-13;/h3-4,6,13H,5H2,1-2H3;/b7-3+;. The Morgan fingerprint density at radius 1 is 1.62 bits per heavy atom. The van der Waals surface area contributed by atoms with Gasteiger partial charge in [-0.2, -0.15) is 0 Å². The Bertz CT molecular complexity index is 393. The molecule has 1 aromatic rings. The summed E-state index contributed by atoms with van der Waals surface area (Å²) in [5, 5.41) is 9.05. The van der Waals surface area contributed by atoms with Crippen molar-refractivity contribution in [3.63, 3.8) is 0 Å². The molecule has 1 aromatic heterocycles. The molecule has 1 radical (unpaired) electrons. The molecule has 0 saturated carbocycles. The van der Waals surface area contributed by atoms with Gasteiger partial charge in [-0.25, -0.2) is 14.8 Å². The van der Waals surface area contributed by atoms with Crippen LogP contribution in [-0.2, 0) is 48.8 Å². The summed E-state index contributed by atoms with van der Waals surface area (Å²) in [5.74, 6) is -0.470. The Morgan fingerprint density at radius 3 is 2.81 bits per heavy atom. The van der Waals surface area contributed by atoms with Gasteiger partial charge in [-0.15, -0.1) is 0 Å². The first-order valence-electron chi connectivity index (χ1n) is 4.39. The van der Waals surface area contributed by atoms with Crippen LogP contribution in [0.25, 0.3) is 5.57 Å². The van der Waals surface area contributed by atoms with Crippen molar-refractivity contribution >= 4 is 11.5 Å². The maximum Gasteiger partial charge on any atom is 0.338 e. The van der Waals surface area contributed by atoms with E-state index in [1.807, 2.05) is 0 Å². The second-order valence-electron chi connectivity index (χ2n) is 2.74. The molecule has 0 fully saturated rings. The van der Waals surface area contributed by atoms with Crippen molar-refractivity contribution in [3.05, 3.63) is 29.9 Å². The predicted octanol–water partition coefficient (Wildman–Crippen LogP) is 0.543. The zero-order valence-electron chi connectivity index (χ0n) is 9.17. The monoisotopic (exact) mass is 297 g/mol. The molecule has 0 saturated heterocycles. The fourth-order valence-electron chi connectivity index (χ4n) is 1.20. The predicted molar refractivity (Wildman–Crippen MR) is 53.6 cm³/mol. The summed E-state index contributed by atoms with van der Waals surface area (Å²) < 4.78 is 4.61. The van der Waals surface area contributed by atoms with Gasteiger partial charge >= 0.3 is 5.97 Å². The van der Waals surface area contributed by atoms with Gasteiger partial charge in [-0.05, 0) is 6.92 Å². The molecule has 0 atom stereocenters. The van der Waals surface area contributed by atoms with Crippen LogP contribution in [0.5, 0.6) is 0 Å². The molecule has 0 bridgehead atoms. The summed E-state index contributed by atoms with van der Waals surface area (Å²) in [4.78, 5) is 19.1. The number of aliphatic hydroxyl groups excluding tert-OH is 1. The van der Waals surface area contributed by atoms with Crippen LogP contribution < -0.4 is 0 Å². The van der Waals surface area contributed by atoms with Crippen LogP contribution in [0.2, 0.25) is 0 Å². The second-order valence-corrected chi connectivity index (χ2v) is 2.74. The van der Waals surface area contributed by atoms with Gasteiger partial charge in [-0.3, -0.25) is 0 Å². The van der Waals surface area contributed by atoms with Gasteiger partial charge in [0.05, 0.1) is 25.0 Å². The summed E-state index contributed by atoms with van der Waals surface area (Å²) in [6.45, 7) is 1.46. The van der Waals surface area contributed by atoms with Crippen molar-refractivity contribution in [3.8, 4) is 0 Å². The normalized spacial score (nSPS) is 10.6. The SMILES string of the molecule is C/C=C(/C(=O)OC)c1cncnc1CO.[Y]. The molecule has 0 aliphatic heterocycles. The Hall–Kier alpha value is -0.646. The van der Waals surface area contributed by atoms with Gasteiger partial charge in [0.2, 0.25) is 0 Å². The fourth-order valence-corrected chi connectivity index (χ4v) is 1.20. The molecule has 0 aromatic carbocycles. The van der Waals surface area contributed by atoms with E-state index in [0.29, 0.717) is 16.8 Å². The summed E-state index contributed by atoms with van der Waals surface area (Å²) >= 11 is 0. The van der Waals surface area contributed by atoms with E-state index in [0.717, 1.165) is 0 Å². The molecule has 5 nitrogen and oxygen atoms in total. The van der Waals surface area contributed by atoms with Gasteiger partial charge in [0.1, 0.15) is 6.33 Å². The van der Waals surface area contributed by atoms with Crippen molar-refractivity contribution in [1.82, 2.24) is 9.97 Å². The van der Waals surface area contributed by atoms with Crippen LogP contribution in [0.4, 0.5) is 0 Å². The van der Waals surface area contributed by atoms with Crippen molar-refractivity contribution in [1.29, 1.82) is 0 Å². The second kappa shape index (κ2) is 7.60. The van der Waals surface area contributed by atoms with Crippen molar-refractivity contribution in [2.45, 2.75) is 13.5 Å². The van der Waals surface area contributed by atoms with Gasteiger partial charge in [-0.1, -0.05) is 6.08 Å². The van der Waals surface area contributed by atoms with Gasteiger partial charge in [0.25, 0.3) is 0 Å². The molecule has 0 amide bonds. The first-order chi connectivity index (χ1) is 7.24. The maximum atomic E-state index is 11.4. The van der Waals surface area contributed by atoms with Crippen LogP contribution in [0.1, 0.15) is 18.2 Å². The van der Waals surface area contributed by atoms with E-state index in [1.165, 1.54) is 19.6 Å². The number of nitrogens with zero attached hydrogens (tertiary/aromatic N) is 2. The van der Waals surface area contributed by atoms with E-state index in [9.17, 15) is 4.79 Å². The number of allylic oxidation sites excluding steroid dienone is 1. The molecular weight excluding hydrogens is 285 g/mol. The van der Waals surface area contributed by atoms with Crippen LogP contribution in [-0.4, -0.2) is 28.2 Å². The number of hydrogen-bond donors (Lipinski definition) is 1. The van der Waals surface area contributed by atoms with Gasteiger partial charge in [0, 0.05) is 44.5 Å². The molecule has 0 aliphatic rings. The molecule has 6 heteroatoms. The molecule has 1 N–H and O–H groups in total. The first-order valence-corrected chi connectivity index (χ1v) is 4.39. The number of aromatic nitrogens is 2. The third kappa shape index (κ3) is 3.44. The van der Waals surface area contributed by atoms with Crippen molar-refractivity contribution in [2.24, 2.45) is 0 Å². The van der Waals surface area contributed by atoms with E-state index >= 15 is 0 Å². The number of hydrogen-bond acceptors (Lipinski definition) is 5. The van der Waals surface area contributed by atoms with Gasteiger partial charge < -0.3 is 9.84 Å². The maximum absolute atomic E-state index is 11.4. The van der Waals surface area contributed by atoms with Crippen LogP contribution >= 0.6 is 0 Å². The summed E-state index contributed by atoms with van der Waals surface area (Å²) in [7, 11) is 1.30. The van der Waals surface area contributed by atoms with E-state index in [4.69, 9.17) is 5.11 Å². The molecular formula is C10H12N2O3Y. The number of aliphatic hydroxyl groups is 1. The average molecular weight is 297 g/mol. The minimum atomic E-state index is -0.470. The Kier molecular flexibility index (Phi) is 7.29. The number of methoxy groups -OCH3 is 1. The van der Waals surface area contributed by atoms with E-state index in [-0.39, 0.29) is 39.3 Å². The molecule has 1 heterocycles. The summed E-state index contributed by atoms with van der Waals surface area (Å²) in [6.07, 6.45) is 4.40. The molecule has 83 valence electrons. The Balaban J connectivity index is 0.00000225. The van der Waals surface area contributed by atoms with Crippen LogP contribution in [0.15, 0.2) is 18.6 Å². The van der Waals surface area contributed by atoms with E-state index < -0.39 is 5.97 Å². The molecule has 1 rings (SSSR count). The number of esters is 1. The smallest absolute Gasteiger partial charge is 0.338 e. The Morgan fingerprint density at radius 2 is 2.31 bits per heavy atom. The molecule has 0 unspecified atom stereocenters. The molecule has 0 spiro atoms. The van der Waals surface area contributed by atoms with E-state index in [2.05, 4.69) is 14.7 Å².